The molecule has 0 radical (unpaired) electrons. The van der Waals surface area contributed by atoms with Crippen molar-refractivity contribution in [2.24, 2.45) is 5.73 Å². The highest BCUT2D eigenvalue weighted by Gasteiger charge is 2.29. The van der Waals surface area contributed by atoms with Crippen LogP contribution in [0.4, 0.5) is 5.69 Å². The zero-order valence-corrected chi connectivity index (χ0v) is 12.2. The molecule has 0 saturated heterocycles. The van der Waals surface area contributed by atoms with E-state index >= 15 is 0 Å². The third-order valence-electron chi connectivity index (χ3n) is 3.34. The fraction of sp³-hybridized carbons (Fsp3) is 0.357. The first-order valence-electron chi connectivity index (χ1n) is 6.39. The van der Waals surface area contributed by atoms with Crippen LogP contribution < -0.4 is 10.6 Å². The maximum absolute atomic E-state index is 12.1. The molecule has 2 N–H and O–H groups in total. The average molecular weight is 291 g/mol. The van der Waals surface area contributed by atoms with Gasteiger partial charge in [-0.3, -0.25) is 9.59 Å². The second-order valence-electron chi connectivity index (χ2n) is 4.82. The Labute approximate surface area is 123 Å². The number of carbonyl (C=O) groups excluding carboxylic acids is 2. The summed E-state index contributed by atoms with van der Waals surface area (Å²) in [4.78, 5) is 27.6. The molecule has 1 aromatic carbocycles. The van der Waals surface area contributed by atoms with E-state index in [1.807, 2.05) is 24.3 Å². The zero-order valence-electron chi connectivity index (χ0n) is 11.3. The number of para-hydroxylation sites is 1. The number of rotatable bonds is 5. The van der Waals surface area contributed by atoms with Crippen molar-refractivity contribution in [3.63, 3.8) is 0 Å². The summed E-state index contributed by atoms with van der Waals surface area (Å²) in [5.74, 6) is -0.159. The lowest BCUT2D eigenvalue weighted by Crippen LogP contribution is -2.40. The average Bonchev–Trinajstić information content (AvgIpc) is 2.72. The number of nitrogens with two attached hydrogens (primary N) is 1. The van der Waals surface area contributed by atoms with Gasteiger partial charge in [-0.1, -0.05) is 30.4 Å². The van der Waals surface area contributed by atoms with Crippen molar-refractivity contribution < 1.29 is 9.59 Å². The highest BCUT2D eigenvalue weighted by molar-refractivity contribution is 7.80. The van der Waals surface area contributed by atoms with E-state index < -0.39 is 0 Å². The Kier molecular flexibility index (Phi) is 4.34. The first kappa shape index (κ1) is 14.5. The SMILES string of the molecule is CN(CCC(N)=S)C(=O)CN1C(=O)Cc2ccccc21. The number of hydrogen-bond donors (Lipinski definition) is 1. The highest BCUT2D eigenvalue weighted by atomic mass is 32.1. The second-order valence-corrected chi connectivity index (χ2v) is 5.34. The molecule has 106 valence electrons. The maximum atomic E-state index is 12.1. The zero-order chi connectivity index (χ0) is 14.7. The van der Waals surface area contributed by atoms with Crippen LogP contribution >= 0.6 is 12.2 Å². The van der Waals surface area contributed by atoms with Crippen LogP contribution in [0.25, 0.3) is 0 Å². The lowest BCUT2D eigenvalue weighted by atomic mass is 10.2. The number of likely N-dealkylation sites (N-methyl/N-ethyl adjacent to an activating group) is 1. The van der Waals surface area contributed by atoms with E-state index in [0.29, 0.717) is 24.4 Å². The van der Waals surface area contributed by atoms with Crippen molar-refractivity contribution in [2.45, 2.75) is 12.8 Å². The number of fused-ring (bicyclic) bond motifs is 1. The van der Waals surface area contributed by atoms with E-state index in [1.165, 1.54) is 4.90 Å². The van der Waals surface area contributed by atoms with Gasteiger partial charge in [0.2, 0.25) is 11.8 Å². The molecule has 0 fully saturated rings. The normalized spacial score (nSPS) is 13.2. The van der Waals surface area contributed by atoms with Crippen molar-refractivity contribution in [1.29, 1.82) is 0 Å². The summed E-state index contributed by atoms with van der Waals surface area (Å²) in [5.41, 5.74) is 7.21. The summed E-state index contributed by atoms with van der Waals surface area (Å²) in [6.07, 6.45) is 0.849. The molecule has 1 aromatic rings. The van der Waals surface area contributed by atoms with E-state index in [2.05, 4.69) is 0 Å². The number of carbonyl (C=O) groups is 2. The van der Waals surface area contributed by atoms with Crippen LogP contribution in [0.5, 0.6) is 0 Å². The standard InChI is InChI=1S/C14H17N3O2S/c1-16(7-6-12(15)20)14(19)9-17-11-5-3-2-4-10(11)8-13(17)18/h2-5H,6-9H2,1H3,(H2,15,20). The van der Waals surface area contributed by atoms with Gasteiger partial charge in [0.1, 0.15) is 6.54 Å². The first-order chi connectivity index (χ1) is 9.49. The van der Waals surface area contributed by atoms with Crippen molar-refractivity contribution in [1.82, 2.24) is 4.90 Å². The van der Waals surface area contributed by atoms with Crippen LogP contribution in [0.2, 0.25) is 0 Å². The van der Waals surface area contributed by atoms with Crippen LogP contribution in [-0.4, -0.2) is 41.8 Å². The predicted octanol–water partition coefficient (Wildman–Crippen LogP) is 0.710. The Hall–Kier alpha value is -1.95. The Bertz CT molecular complexity index is 559. The summed E-state index contributed by atoms with van der Waals surface area (Å²) < 4.78 is 0. The Morgan fingerprint density at radius 2 is 2.15 bits per heavy atom. The molecule has 5 nitrogen and oxygen atoms in total. The molecule has 1 aliphatic rings. The lowest BCUT2D eigenvalue weighted by molar-refractivity contribution is -0.130. The molecule has 0 atom stereocenters. The molecule has 0 aliphatic carbocycles. The monoisotopic (exact) mass is 291 g/mol. The predicted molar refractivity (Wildman–Crippen MR) is 81.5 cm³/mol. The minimum atomic E-state index is -0.119. The molecule has 6 heteroatoms. The van der Waals surface area contributed by atoms with E-state index in [9.17, 15) is 9.59 Å². The van der Waals surface area contributed by atoms with Gasteiger partial charge in [-0.15, -0.1) is 0 Å². The summed E-state index contributed by atoms with van der Waals surface area (Å²) >= 11 is 4.79. The smallest absolute Gasteiger partial charge is 0.242 e. The number of anilines is 1. The minimum absolute atomic E-state index is 0.0395. The van der Waals surface area contributed by atoms with Crippen molar-refractivity contribution in [2.75, 3.05) is 25.0 Å². The van der Waals surface area contributed by atoms with Gasteiger partial charge < -0.3 is 15.5 Å². The molecule has 1 heterocycles. The number of benzene rings is 1. The number of nitrogens with zero attached hydrogens (tertiary/aromatic N) is 2. The largest absolute Gasteiger partial charge is 0.393 e. The summed E-state index contributed by atoms with van der Waals surface area (Å²) in [6.45, 7) is 0.529. The number of thiocarbonyl (C=S) groups is 1. The quantitative estimate of drug-likeness (QED) is 0.811. The third-order valence-corrected chi connectivity index (χ3v) is 3.54. The first-order valence-corrected chi connectivity index (χ1v) is 6.80. The van der Waals surface area contributed by atoms with Gasteiger partial charge in [-0.2, -0.15) is 0 Å². The van der Waals surface area contributed by atoms with E-state index in [4.69, 9.17) is 18.0 Å². The van der Waals surface area contributed by atoms with Gasteiger partial charge in [0, 0.05) is 25.7 Å². The van der Waals surface area contributed by atoms with Gasteiger partial charge in [0.25, 0.3) is 0 Å². The van der Waals surface area contributed by atoms with Crippen molar-refractivity contribution in [3.05, 3.63) is 29.8 Å². The van der Waals surface area contributed by atoms with Crippen LogP contribution in [0, 0.1) is 0 Å². The molecular weight excluding hydrogens is 274 g/mol. The number of hydrogen-bond acceptors (Lipinski definition) is 3. The molecule has 2 rings (SSSR count). The summed E-state index contributed by atoms with van der Waals surface area (Å²) in [7, 11) is 1.69. The van der Waals surface area contributed by atoms with Crippen molar-refractivity contribution >= 4 is 34.7 Å². The molecule has 0 bridgehead atoms. The maximum Gasteiger partial charge on any atom is 0.242 e. The second kappa shape index (κ2) is 6.00. The van der Waals surface area contributed by atoms with Gasteiger partial charge in [0.05, 0.1) is 11.4 Å². The summed E-state index contributed by atoms with van der Waals surface area (Å²) in [5, 5.41) is 0. The molecule has 0 saturated carbocycles. The fourth-order valence-electron chi connectivity index (χ4n) is 2.15. The fourth-order valence-corrected chi connectivity index (χ4v) is 2.24. The van der Waals surface area contributed by atoms with E-state index in [0.717, 1.165) is 11.3 Å². The van der Waals surface area contributed by atoms with Crippen molar-refractivity contribution in [3.8, 4) is 0 Å². The molecule has 0 spiro atoms. The van der Waals surface area contributed by atoms with Crippen LogP contribution in [0.15, 0.2) is 24.3 Å². The topological polar surface area (TPSA) is 66.6 Å². The van der Waals surface area contributed by atoms with Gasteiger partial charge >= 0.3 is 0 Å². The Morgan fingerprint density at radius 3 is 2.85 bits per heavy atom. The molecular formula is C14H17N3O2S. The third kappa shape index (κ3) is 3.14. The molecule has 20 heavy (non-hydrogen) atoms. The highest BCUT2D eigenvalue weighted by Crippen LogP contribution is 2.28. The Balaban J connectivity index is 2.01. The molecule has 0 aromatic heterocycles. The van der Waals surface area contributed by atoms with Gasteiger partial charge in [-0.05, 0) is 11.6 Å². The minimum Gasteiger partial charge on any atom is -0.393 e. The van der Waals surface area contributed by atoms with Crippen LogP contribution in [-0.2, 0) is 16.0 Å². The van der Waals surface area contributed by atoms with Crippen LogP contribution in [0.3, 0.4) is 0 Å². The molecule has 1 aliphatic heterocycles. The van der Waals surface area contributed by atoms with Gasteiger partial charge in [-0.25, -0.2) is 0 Å². The molecule has 2 amide bonds. The number of amides is 2. The van der Waals surface area contributed by atoms with E-state index in [-0.39, 0.29) is 18.4 Å². The molecule has 0 unspecified atom stereocenters. The Morgan fingerprint density at radius 1 is 1.45 bits per heavy atom. The van der Waals surface area contributed by atoms with E-state index in [1.54, 1.807) is 11.9 Å². The van der Waals surface area contributed by atoms with Gasteiger partial charge in [0.15, 0.2) is 0 Å². The van der Waals surface area contributed by atoms with Crippen LogP contribution in [0.1, 0.15) is 12.0 Å². The summed E-state index contributed by atoms with van der Waals surface area (Å²) in [6, 6.07) is 7.54. The lowest BCUT2D eigenvalue weighted by Gasteiger charge is -2.22.